The van der Waals surface area contributed by atoms with Crippen LogP contribution in [-0.4, -0.2) is 29.2 Å². The molecule has 0 saturated carbocycles. The topological polar surface area (TPSA) is 51.1 Å². The number of aliphatic imine (C=N–C) groups is 1. The molecule has 0 atom stereocenters. The van der Waals surface area contributed by atoms with Gasteiger partial charge in [-0.1, -0.05) is 79.2 Å². The van der Waals surface area contributed by atoms with E-state index in [0.717, 1.165) is 23.1 Å². The highest BCUT2D eigenvalue weighted by molar-refractivity contribution is 8.18. The number of ether oxygens (including phenoxy) is 2. The summed E-state index contributed by atoms with van der Waals surface area (Å²) in [7, 11) is 0. The van der Waals surface area contributed by atoms with E-state index in [0.29, 0.717) is 52.9 Å². The van der Waals surface area contributed by atoms with Crippen molar-refractivity contribution in [1.29, 1.82) is 0 Å². The van der Waals surface area contributed by atoms with Gasteiger partial charge in [0.2, 0.25) is 0 Å². The van der Waals surface area contributed by atoms with Gasteiger partial charge >= 0.3 is 0 Å². The number of carbonyl (C=O) groups excluding carboxylic acids is 1. The van der Waals surface area contributed by atoms with Gasteiger partial charge in [0, 0.05) is 0 Å². The summed E-state index contributed by atoms with van der Waals surface area (Å²) in [6.07, 6.45) is 2.70. The van der Waals surface area contributed by atoms with Gasteiger partial charge in [0.15, 0.2) is 16.7 Å². The van der Waals surface area contributed by atoms with Crippen LogP contribution < -0.4 is 9.47 Å². The van der Waals surface area contributed by atoms with E-state index in [2.05, 4.69) is 0 Å². The Kier molecular flexibility index (Phi) is 9.09. The Morgan fingerprint density at radius 2 is 1.67 bits per heavy atom. The Bertz CT molecular complexity index is 1250. The minimum atomic E-state index is -0.0870. The average Bonchev–Trinajstić information content (AvgIpc) is 3.17. The Labute approximate surface area is 221 Å². The van der Waals surface area contributed by atoms with Crippen LogP contribution in [0.15, 0.2) is 82.7 Å². The molecule has 0 spiro atoms. The van der Waals surface area contributed by atoms with Gasteiger partial charge in [-0.05, 0) is 60.0 Å². The van der Waals surface area contributed by atoms with E-state index in [-0.39, 0.29) is 5.91 Å². The number of hydrogen-bond donors (Lipinski definition) is 0. The molecule has 0 N–H and O–H groups in total. The van der Waals surface area contributed by atoms with Crippen molar-refractivity contribution in [3.05, 3.63) is 99.4 Å². The largest absolute Gasteiger partial charge is 0.490 e. The standard InChI is InChI=1S/C29H29ClN2O3S/c1-3-15-35-27-24(30)16-23(17-25(27)34-4-2)18-26-28(33)32(20-22-13-9-6-10-14-22)29(36-26)31-19-21-11-7-5-8-12-21/h5-14,16-18H,3-4,15,19-20H2,1-2H3/b26-18+,31-29?. The Hall–Kier alpha value is -3.22. The Balaban J connectivity index is 1.65. The second-order valence-electron chi connectivity index (χ2n) is 8.18. The van der Waals surface area contributed by atoms with Crippen LogP contribution in [0, 0.1) is 0 Å². The number of carbonyl (C=O) groups is 1. The first-order chi connectivity index (χ1) is 17.6. The first-order valence-corrected chi connectivity index (χ1v) is 13.2. The van der Waals surface area contributed by atoms with Gasteiger partial charge < -0.3 is 9.47 Å². The molecule has 3 aromatic carbocycles. The molecule has 1 aliphatic heterocycles. The number of thioether (sulfide) groups is 1. The summed E-state index contributed by atoms with van der Waals surface area (Å²) in [5.74, 6) is 1.01. The molecule has 3 aromatic rings. The molecular weight excluding hydrogens is 492 g/mol. The van der Waals surface area contributed by atoms with E-state index in [1.54, 1.807) is 11.0 Å². The number of hydrogen-bond acceptors (Lipinski definition) is 5. The molecule has 1 aliphatic rings. The van der Waals surface area contributed by atoms with E-state index in [4.69, 9.17) is 26.1 Å². The minimum absolute atomic E-state index is 0.0870. The molecule has 1 fully saturated rings. The van der Waals surface area contributed by atoms with E-state index >= 15 is 0 Å². The number of benzene rings is 3. The van der Waals surface area contributed by atoms with E-state index < -0.39 is 0 Å². The van der Waals surface area contributed by atoms with Crippen LogP contribution in [0.25, 0.3) is 6.08 Å². The highest BCUT2D eigenvalue weighted by Crippen LogP contribution is 2.39. The minimum Gasteiger partial charge on any atom is -0.490 e. The normalized spacial score (nSPS) is 15.6. The smallest absolute Gasteiger partial charge is 0.267 e. The van der Waals surface area contributed by atoms with Crippen LogP contribution in [0.1, 0.15) is 37.0 Å². The molecule has 0 aliphatic carbocycles. The predicted octanol–water partition coefficient (Wildman–Crippen LogP) is 7.20. The number of amidine groups is 1. The zero-order valence-electron chi connectivity index (χ0n) is 20.4. The highest BCUT2D eigenvalue weighted by atomic mass is 35.5. The maximum atomic E-state index is 13.5. The summed E-state index contributed by atoms with van der Waals surface area (Å²) in [5, 5.41) is 1.13. The van der Waals surface area contributed by atoms with Crippen molar-refractivity contribution in [1.82, 2.24) is 4.90 Å². The molecular formula is C29H29ClN2O3S. The SMILES string of the molecule is CCCOc1c(Cl)cc(/C=C2/SC(=NCc3ccccc3)N(Cc3ccccc3)C2=O)cc1OCC. The van der Waals surface area contributed by atoms with Crippen molar-refractivity contribution in [2.24, 2.45) is 4.99 Å². The van der Waals surface area contributed by atoms with Crippen LogP contribution >= 0.6 is 23.4 Å². The Morgan fingerprint density at radius 3 is 2.33 bits per heavy atom. The number of nitrogens with zero attached hydrogens (tertiary/aromatic N) is 2. The monoisotopic (exact) mass is 520 g/mol. The van der Waals surface area contributed by atoms with Gasteiger partial charge in [0.25, 0.3) is 5.91 Å². The van der Waals surface area contributed by atoms with Gasteiger partial charge in [-0.2, -0.15) is 0 Å². The van der Waals surface area contributed by atoms with Crippen molar-refractivity contribution >= 4 is 40.5 Å². The summed E-state index contributed by atoms with van der Waals surface area (Å²) in [6, 6.07) is 23.6. The second kappa shape index (κ2) is 12.7. The molecule has 0 bridgehead atoms. The van der Waals surface area contributed by atoms with Crippen molar-refractivity contribution in [2.75, 3.05) is 13.2 Å². The summed E-state index contributed by atoms with van der Waals surface area (Å²) in [6.45, 7) is 5.92. The van der Waals surface area contributed by atoms with Crippen molar-refractivity contribution in [3.63, 3.8) is 0 Å². The van der Waals surface area contributed by atoms with Crippen LogP contribution in [0.2, 0.25) is 5.02 Å². The fourth-order valence-electron chi connectivity index (χ4n) is 3.70. The number of rotatable bonds is 10. The molecule has 0 unspecified atom stereocenters. The average molecular weight is 521 g/mol. The van der Waals surface area contributed by atoms with E-state index in [9.17, 15) is 4.79 Å². The fraction of sp³-hybridized carbons (Fsp3) is 0.241. The zero-order valence-corrected chi connectivity index (χ0v) is 22.0. The maximum absolute atomic E-state index is 13.5. The van der Waals surface area contributed by atoms with Crippen LogP contribution in [-0.2, 0) is 17.9 Å². The quantitative estimate of drug-likeness (QED) is 0.265. The molecule has 36 heavy (non-hydrogen) atoms. The van der Waals surface area contributed by atoms with Gasteiger partial charge in [-0.25, -0.2) is 0 Å². The molecule has 0 aromatic heterocycles. The first-order valence-electron chi connectivity index (χ1n) is 12.0. The fourth-order valence-corrected chi connectivity index (χ4v) is 4.95. The third-order valence-corrected chi connectivity index (χ3v) is 6.72. The lowest BCUT2D eigenvalue weighted by atomic mass is 10.1. The maximum Gasteiger partial charge on any atom is 0.267 e. The number of amides is 1. The molecule has 1 heterocycles. The molecule has 0 radical (unpaired) electrons. The van der Waals surface area contributed by atoms with Crippen LogP contribution in [0.3, 0.4) is 0 Å². The zero-order chi connectivity index (χ0) is 25.3. The van der Waals surface area contributed by atoms with Gasteiger partial charge in [0.05, 0.1) is 36.2 Å². The molecule has 5 nitrogen and oxygen atoms in total. The number of halogens is 1. The molecule has 1 amide bonds. The van der Waals surface area contributed by atoms with Gasteiger partial charge in [0.1, 0.15) is 0 Å². The molecule has 7 heteroatoms. The summed E-state index contributed by atoms with van der Waals surface area (Å²) >= 11 is 7.93. The van der Waals surface area contributed by atoms with Gasteiger partial charge in [-0.3, -0.25) is 14.7 Å². The van der Waals surface area contributed by atoms with Gasteiger partial charge in [-0.15, -0.1) is 0 Å². The summed E-state index contributed by atoms with van der Waals surface area (Å²) in [4.78, 5) is 20.6. The van der Waals surface area contributed by atoms with E-state index in [1.807, 2.05) is 86.7 Å². The van der Waals surface area contributed by atoms with Crippen molar-refractivity contribution < 1.29 is 14.3 Å². The third-order valence-electron chi connectivity index (χ3n) is 5.39. The van der Waals surface area contributed by atoms with Crippen molar-refractivity contribution in [2.45, 2.75) is 33.4 Å². The predicted molar refractivity (Wildman–Crippen MR) is 149 cm³/mol. The van der Waals surface area contributed by atoms with Crippen LogP contribution in [0.4, 0.5) is 0 Å². The summed E-state index contributed by atoms with van der Waals surface area (Å²) < 4.78 is 11.6. The lowest BCUT2D eigenvalue weighted by molar-refractivity contribution is -0.122. The highest BCUT2D eigenvalue weighted by Gasteiger charge is 2.33. The molecule has 186 valence electrons. The van der Waals surface area contributed by atoms with Crippen molar-refractivity contribution in [3.8, 4) is 11.5 Å². The lowest BCUT2D eigenvalue weighted by Gasteiger charge is -2.16. The second-order valence-corrected chi connectivity index (χ2v) is 9.60. The van der Waals surface area contributed by atoms with Crippen LogP contribution in [0.5, 0.6) is 11.5 Å². The van der Waals surface area contributed by atoms with E-state index in [1.165, 1.54) is 11.8 Å². The lowest BCUT2D eigenvalue weighted by Crippen LogP contribution is -2.28. The third kappa shape index (κ3) is 6.50. The first kappa shape index (κ1) is 25.9. The Morgan fingerprint density at radius 1 is 0.972 bits per heavy atom. The molecule has 4 rings (SSSR count). The summed E-state index contributed by atoms with van der Waals surface area (Å²) in [5.41, 5.74) is 2.90. The molecule has 1 saturated heterocycles.